The van der Waals surface area contributed by atoms with Crippen LogP contribution in [0.1, 0.15) is 45.4 Å². The summed E-state index contributed by atoms with van der Waals surface area (Å²) in [6.07, 6.45) is -1.69. The zero-order valence-corrected chi connectivity index (χ0v) is 10.3. The fourth-order valence-electron chi connectivity index (χ4n) is 2.49. The molecule has 2 nitrogen and oxygen atoms in total. The summed E-state index contributed by atoms with van der Waals surface area (Å²) < 4.78 is 43.4. The lowest BCUT2D eigenvalue weighted by atomic mass is 9.84. The van der Waals surface area contributed by atoms with Crippen LogP contribution in [0.25, 0.3) is 0 Å². The Hall–Kier alpha value is -0.290. The van der Waals surface area contributed by atoms with Gasteiger partial charge >= 0.3 is 6.18 Å². The normalized spacial score (nSPS) is 28.1. The highest BCUT2D eigenvalue weighted by molar-refractivity contribution is 4.78. The summed E-state index contributed by atoms with van der Waals surface area (Å²) >= 11 is 0. The fraction of sp³-hybridized carbons (Fsp3) is 1.00. The lowest BCUT2D eigenvalue weighted by molar-refractivity contribution is -0.242. The van der Waals surface area contributed by atoms with E-state index in [1.54, 1.807) is 0 Å². The Balaban J connectivity index is 2.58. The second-order valence-electron chi connectivity index (χ2n) is 4.73. The summed E-state index contributed by atoms with van der Waals surface area (Å²) in [7, 11) is 0. The van der Waals surface area contributed by atoms with Gasteiger partial charge in [0.25, 0.3) is 0 Å². The molecule has 102 valence electrons. The van der Waals surface area contributed by atoms with Gasteiger partial charge in [0.1, 0.15) is 0 Å². The minimum atomic E-state index is -4.30. The molecule has 2 N–H and O–H groups in total. The molecule has 1 fully saturated rings. The predicted molar refractivity (Wildman–Crippen MR) is 60.6 cm³/mol. The molecule has 17 heavy (non-hydrogen) atoms. The Kier molecular flexibility index (Phi) is 5.73. The molecule has 0 aromatic carbocycles. The zero-order valence-electron chi connectivity index (χ0n) is 10.3. The van der Waals surface area contributed by atoms with E-state index in [1.807, 2.05) is 6.92 Å². The lowest BCUT2D eigenvalue weighted by Gasteiger charge is -2.34. The van der Waals surface area contributed by atoms with Crippen molar-refractivity contribution in [1.82, 2.24) is 0 Å². The topological polar surface area (TPSA) is 35.2 Å². The van der Waals surface area contributed by atoms with E-state index < -0.39 is 12.3 Å². The van der Waals surface area contributed by atoms with Crippen LogP contribution >= 0.6 is 0 Å². The smallest absolute Gasteiger partial charge is 0.365 e. The van der Waals surface area contributed by atoms with Crippen LogP contribution in [0.4, 0.5) is 13.2 Å². The number of alkyl halides is 3. The average Bonchev–Trinajstić information content (AvgIpc) is 2.28. The van der Waals surface area contributed by atoms with Crippen LogP contribution in [-0.2, 0) is 4.74 Å². The van der Waals surface area contributed by atoms with Gasteiger partial charge in [0.15, 0.2) is 6.10 Å². The molecule has 0 saturated heterocycles. The van der Waals surface area contributed by atoms with Crippen molar-refractivity contribution in [3.05, 3.63) is 0 Å². The summed E-state index contributed by atoms with van der Waals surface area (Å²) in [6, 6.07) is 0. The van der Waals surface area contributed by atoms with E-state index >= 15 is 0 Å². The second-order valence-corrected chi connectivity index (χ2v) is 4.73. The maximum Gasteiger partial charge on any atom is 0.414 e. The van der Waals surface area contributed by atoms with Gasteiger partial charge in [-0.2, -0.15) is 13.2 Å². The van der Waals surface area contributed by atoms with Gasteiger partial charge in [-0.3, -0.25) is 0 Å². The van der Waals surface area contributed by atoms with Crippen LogP contribution in [0.15, 0.2) is 0 Å². The van der Waals surface area contributed by atoms with E-state index in [1.165, 1.54) is 0 Å². The molecule has 0 aromatic rings. The standard InChI is InChI=1S/C12H22F3NO/c1-2-9-5-3-4-6-10(9)17-11(7-8-16)12(13,14)15/h9-11H,2-8,16H2,1H3. The van der Waals surface area contributed by atoms with Gasteiger partial charge in [0, 0.05) is 0 Å². The molecule has 0 aliphatic heterocycles. The Morgan fingerprint density at radius 3 is 2.47 bits per heavy atom. The van der Waals surface area contributed by atoms with E-state index in [9.17, 15) is 13.2 Å². The highest BCUT2D eigenvalue weighted by atomic mass is 19.4. The molecule has 0 aromatic heterocycles. The van der Waals surface area contributed by atoms with Gasteiger partial charge in [0.2, 0.25) is 0 Å². The minimum absolute atomic E-state index is 0.00763. The van der Waals surface area contributed by atoms with Crippen molar-refractivity contribution in [3.63, 3.8) is 0 Å². The summed E-state index contributed by atoms with van der Waals surface area (Å²) in [5, 5.41) is 0. The summed E-state index contributed by atoms with van der Waals surface area (Å²) in [5.74, 6) is 0.270. The average molecular weight is 253 g/mol. The van der Waals surface area contributed by atoms with Crippen molar-refractivity contribution < 1.29 is 17.9 Å². The van der Waals surface area contributed by atoms with Crippen molar-refractivity contribution in [1.29, 1.82) is 0 Å². The first kappa shape index (κ1) is 14.8. The number of nitrogens with two attached hydrogens (primary N) is 1. The van der Waals surface area contributed by atoms with E-state index in [-0.39, 0.29) is 25.0 Å². The van der Waals surface area contributed by atoms with Gasteiger partial charge in [-0.05, 0) is 31.7 Å². The molecule has 5 heteroatoms. The van der Waals surface area contributed by atoms with Crippen molar-refractivity contribution in [3.8, 4) is 0 Å². The molecular weight excluding hydrogens is 231 g/mol. The highest BCUT2D eigenvalue weighted by Crippen LogP contribution is 2.34. The minimum Gasteiger partial charge on any atom is -0.365 e. The first-order valence-corrected chi connectivity index (χ1v) is 6.41. The van der Waals surface area contributed by atoms with Crippen molar-refractivity contribution >= 4 is 0 Å². The van der Waals surface area contributed by atoms with E-state index in [0.717, 1.165) is 32.1 Å². The number of rotatable bonds is 5. The van der Waals surface area contributed by atoms with E-state index in [4.69, 9.17) is 10.5 Å². The quantitative estimate of drug-likeness (QED) is 0.816. The molecule has 0 radical (unpaired) electrons. The Morgan fingerprint density at radius 1 is 1.29 bits per heavy atom. The Bertz CT molecular complexity index is 220. The summed E-state index contributed by atoms with van der Waals surface area (Å²) in [4.78, 5) is 0. The summed E-state index contributed by atoms with van der Waals surface area (Å²) in [6.45, 7) is 2.02. The fourth-order valence-corrected chi connectivity index (χ4v) is 2.49. The van der Waals surface area contributed by atoms with Crippen LogP contribution < -0.4 is 5.73 Å². The maximum absolute atomic E-state index is 12.7. The number of ether oxygens (including phenoxy) is 1. The lowest BCUT2D eigenvalue weighted by Crippen LogP contribution is -2.40. The third-order valence-electron chi connectivity index (χ3n) is 3.50. The van der Waals surface area contributed by atoms with Gasteiger partial charge in [0.05, 0.1) is 6.10 Å². The SMILES string of the molecule is CCC1CCCCC1OC(CCN)C(F)(F)F. The van der Waals surface area contributed by atoms with Crippen molar-refractivity contribution in [2.24, 2.45) is 11.7 Å². The number of hydrogen-bond donors (Lipinski definition) is 1. The molecule has 3 unspecified atom stereocenters. The van der Waals surface area contributed by atoms with Gasteiger partial charge in [-0.25, -0.2) is 0 Å². The van der Waals surface area contributed by atoms with Gasteiger partial charge in [-0.1, -0.05) is 26.2 Å². The third-order valence-corrected chi connectivity index (χ3v) is 3.50. The van der Waals surface area contributed by atoms with Crippen LogP contribution in [0, 0.1) is 5.92 Å². The molecule has 0 amide bonds. The first-order chi connectivity index (χ1) is 7.99. The molecule has 0 spiro atoms. The largest absolute Gasteiger partial charge is 0.414 e. The molecule has 1 aliphatic rings. The van der Waals surface area contributed by atoms with Crippen LogP contribution in [0.2, 0.25) is 0 Å². The second kappa shape index (κ2) is 6.59. The Labute approximate surface area is 101 Å². The molecular formula is C12H22F3NO. The maximum atomic E-state index is 12.7. The highest BCUT2D eigenvalue weighted by Gasteiger charge is 2.42. The molecule has 0 bridgehead atoms. The number of hydrogen-bond acceptors (Lipinski definition) is 2. The van der Waals surface area contributed by atoms with Crippen molar-refractivity contribution in [2.45, 2.75) is 63.8 Å². The van der Waals surface area contributed by atoms with Gasteiger partial charge < -0.3 is 10.5 Å². The third kappa shape index (κ3) is 4.47. The summed E-state index contributed by atoms with van der Waals surface area (Å²) in [5.41, 5.74) is 5.22. The molecule has 3 atom stereocenters. The molecule has 1 rings (SSSR count). The first-order valence-electron chi connectivity index (χ1n) is 6.41. The molecule has 0 heterocycles. The van der Waals surface area contributed by atoms with Gasteiger partial charge in [-0.15, -0.1) is 0 Å². The van der Waals surface area contributed by atoms with E-state index in [2.05, 4.69) is 0 Å². The number of halogens is 3. The van der Waals surface area contributed by atoms with Crippen molar-refractivity contribution in [2.75, 3.05) is 6.54 Å². The monoisotopic (exact) mass is 253 g/mol. The predicted octanol–water partition coefficient (Wildman–Crippen LogP) is 3.25. The molecule has 1 aliphatic carbocycles. The van der Waals surface area contributed by atoms with Crippen LogP contribution in [0.5, 0.6) is 0 Å². The Morgan fingerprint density at radius 2 is 1.94 bits per heavy atom. The van der Waals surface area contributed by atoms with Crippen LogP contribution in [0.3, 0.4) is 0 Å². The van der Waals surface area contributed by atoms with Crippen LogP contribution in [-0.4, -0.2) is 24.9 Å². The molecule has 1 saturated carbocycles. The zero-order chi connectivity index (χ0) is 12.9. The van der Waals surface area contributed by atoms with E-state index in [0.29, 0.717) is 0 Å².